The topological polar surface area (TPSA) is 111 Å². The first kappa shape index (κ1) is 23.6. The number of benzene rings is 3. The van der Waals surface area contributed by atoms with Gasteiger partial charge in [-0.25, -0.2) is 4.68 Å². The normalized spacial score (nSPS) is 10.5. The fraction of sp³-hybridized carbons (Fsp3) is 0.192. The van der Waals surface area contributed by atoms with Gasteiger partial charge in [-0.3, -0.25) is 9.59 Å². The maximum absolute atomic E-state index is 12.6. The molecule has 0 aliphatic rings. The lowest BCUT2D eigenvalue weighted by atomic mass is 10.1. The van der Waals surface area contributed by atoms with Crippen molar-refractivity contribution in [3.8, 4) is 17.1 Å². The van der Waals surface area contributed by atoms with Crippen molar-refractivity contribution in [3.05, 3.63) is 84.4 Å². The van der Waals surface area contributed by atoms with Gasteiger partial charge in [-0.2, -0.15) is 0 Å². The molecule has 4 aromatic rings. The minimum absolute atomic E-state index is 0.0914. The molecular weight excluding hydrogens is 444 g/mol. The number of tetrazole rings is 1. The SMILES string of the molecule is CCOc1ccc(NC(=O)Cn2nnnc2-c2ccccc2NC(=O)CCc2ccccc2)cc1. The van der Waals surface area contributed by atoms with Crippen LogP contribution in [-0.2, 0) is 22.6 Å². The molecular formula is C26H26N6O3. The molecule has 2 amide bonds. The largest absolute Gasteiger partial charge is 0.494 e. The molecule has 3 aromatic carbocycles. The van der Waals surface area contributed by atoms with Crippen LogP contribution < -0.4 is 15.4 Å². The summed E-state index contributed by atoms with van der Waals surface area (Å²) in [6, 6.07) is 24.2. The van der Waals surface area contributed by atoms with Gasteiger partial charge in [0, 0.05) is 17.7 Å². The van der Waals surface area contributed by atoms with Gasteiger partial charge in [0.15, 0.2) is 5.82 Å². The van der Waals surface area contributed by atoms with Crippen LogP contribution in [0, 0.1) is 0 Å². The minimum atomic E-state index is -0.285. The van der Waals surface area contributed by atoms with E-state index in [2.05, 4.69) is 26.2 Å². The van der Waals surface area contributed by atoms with E-state index in [4.69, 9.17) is 4.74 Å². The van der Waals surface area contributed by atoms with Gasteiger partial charge in [0.25, 0.3) is 0 Å². The summed E-state index contributed by atoms with van der Waals surface area (Å²) in [5.41, 5.74) is 2.94. The highest BCUT2D eigenvalue weighted by molar-refractivity contribution is 5.95. The summed E-state index contributed by atoms with van der Waals surface area (Å²) in [5, 5.41) is 17.6. The van der Waals surface area contributed by atoms with E-state index in [0.29, 0.717) is 42.2 Å². The standard InChI is InChI=1S/C26H26N6O3/c1-2-35-21-15-13-20(14-16-21)27-25(34)18-32-26(29-30-31-32)22-10-6-7-11-23(22)28-24(33)17-12-19-8-4-3-5-9-19/h3-11,13-16H,2,12,17-18H2,1H3,(H,27,34)(H,28,33). The molecule has 0 aliphatic heterocycles. The average molecular weight is 471 g/mol. The second-order valence-electron chi connectivity index (χ2n) is 7.75. The number of ether oxygens (including phenoxy) is 1. The number of amides is 2. The van der Waals surface area contributed by atoms with Crippen molar-refractivity contribution in [3.63, 3.8) is 0 Å². The molecule has 9 heteroatoms. The Hall–Kier alpha value is -4.53. The highest BCUT2D eigenvalue weighted by atomic mass is 16.5. The van der Waals surface area contributed by atoms with Crippen molar-refractivity contribution in [2.45, 2.75) is 26.3 Å². The maximum Gasteiger partial charge on any atom is 0.246 e. The Morgan fingerprint density at radius 3 is 2.40 bits per heavy atom. The van der Waals surface area contributed by atoms with E-state index in [9.17, 15) is 9.59 Å². The number of rotatable bonds is 10. The maximum atomic E-state index is 12.6. The summed E-state index contributed by atoms with van der Waals surface area (Å²) in [4.78, 5) is 25.2. The predicted octanol–water partition coefficient (Wildman–Crippen LogP) is 3.95. The number of hydrogen-bond donors (Lipinski definition) is 2. The summed E-state index contributed by atoms with van der Waals surface area (Å²) in [6.45, 7) is 2.39. The number of nitrogens with one attached hydrogen (secondary N) is 2. The van der Waals surface area contributed by atoms with Gasteiger partial charge < -0.3 is 15.4 Å². The van der Waals surface area contributed by atoms with Gasteiger partial charge >= 0.3 is 0 Å². The second-order valence-corrected chi connectivity index (χ2v) is 7.75. The molecule has 0 saturated carbocycles. The van der Waals surface area contributed by atoms with Crippen LogP contribution >= 0.6 is 0 Å². The number of aromatic nitrogens is 4. The molecule has 0 aliphatic carbocycles. The van der Waals surface area contributed by atoms with E-state index >= 15 is 0 Å². The second kappa shape index (κ2) is 11.6. The molecule has 0 unspecified atom stereocenters. The number of nitrogens with zero attached hydrogens (tertiary/aromatic N) is 4. The lowest BCUT2D eigenvalue weighted by Gasteiger charge is -2.12. The van der Waals surface area contributed by atoms with E-state index in [0.717, 1.165) is 11.3 Å². The summed E-state index contributed by atoms with van der Waals surface area (Å²) in [6.07, 6.45) is 0.978. The van der Waals surface area contributed by atoms with Crippen LogP contribution in [0.3, 0.4) is 0 Å². The van der Waals surface area contributed by atoms with Crippen molar-refractivity contribution in [1.82, 2.24) is 20.2 Å². The smallest absolute Gasteiger partial charge is 0.246 e. The highest BCUT2D eigenvalue weighted by Crippen LogP contribution is 2.26. The van der Waals surface area contributed by atoms with Crippen molar-refractivity contribution in [2.75, 3.05) is 17.2 Å². The highest BCUT2D eigenvalue weighted by Gasteiger charge is 2.17. The Labute approximate surface area is 203 Å². The van der Waals surface area contributed by atoms with Crippen LogP contribution in [0.2, 0.25) is 0 Å². The lowest BCUT2D eigenvalue weighted by Crippen LogP contribution is -2.20. The van der Waals surface area contributed by atoms with E-state index in [1.54, 1.807) is 36.4 Å². The fourth-order valence-corrected chi connectivity index (χ4v) is 3.54. The molecule has 35 heavy (non-hydrogen) atoms. The van der Waals surface area contributed by atoms with Crippen LogP contribution in [0.5, 0.6) is 5.75 Å². The molecule has 0 radical (unpaired) electrons. The molecule has 1 aromatic heterocycles. The summed E-state index contributed by atoms with van der Waals surface area (Å²) < 4.78 is 6.82. The summed E-state index contributed by atoms with van der Waals surface area (Å²) in [5.74, 6) is 0.710. The quantitative estimate of drug-likeness (QED) is 0.363. The van der Waals surface area contributed by atoms with Gasteiger partial charge in [0.05, 0.1) is 12.3 Å². The molecule has 0 bridgehead atoms. The van der Waals surface area contributed by atoms with E-state index in [-0.39, 0.29) is 18.4 Å². The Kier molecular flexibility index (Phi) is 7.80. The van der Waals surface area contributed by atoms with Crippen molar-refractivity contribution < 1.29 is 14.3 Å². The molecule has 1 heterocycles. The number of carbonyl (C=O) groups excluding carboxylic acids is 2. The first-order valence-corrected chi connectivity index (χ1v) is 11.3. The lowest BCUT2D eigenvalue weighted by molar-refractivity contribution is -0.117. The first-order valence-electron chi connectivity index (χ1n) is 11.3. The number of carbonyl (C=O) groups is 2. The van der Waals surface area contributed by atoms with Gasteiger partial charge in [-0.15, -0.1) is 5.10 Å². The Balaban J connectivity index is 1.42. The molecule has 178 valence electrons. The van der Waals surface area contributed by atoms with Gasteiger partial charge in [0.2, 0.25) is 11.8 Å². The van der Waals surface area contributed by atoms with Crippen LogP contribution in [-0.4, -0.2) is 38.6 Å². The molecule has 0 spiro atoms. The van der Waals surface area contributed by atoms with Crippen LogP contribution in [0.4, 0.5) is 11.4 Å². The molecule has 9 nitrogen and oxygen atoms in total. The zero-order valence-corrected chi connectivity index (χ0v) is 19.3. The van der Waals surface area contributed by atoms with E-state index in [1.165, 1.54) is 4.68 Å². The van der Waals surface area contributed by atoms with Crippen LogP contribution in [0.25, 0.3) is 11.4 Å². The Morgan fingerprint density at radius 1 is 0.886 bits per heavy atom. The number of anilines is 2. The summed E-state index contributed by atoms with van der Waals surface area (Å²) >= 11 is 0. The van der Waals surface area contributed by atoms with Crippen molar-refractivity contribution in [1.29, 1.82) is 0 Å². The molecule has 0 saturated heterocycles. The molecule has 0 fully saturated rings. The number of para-hydroxylation sites is 1. The molecule has 0 atom stereocenters. The number of aryl methyl sites for hydroxylation is 1. The Morgan fingerprint density at radius 2 is 1.63 bits per heavy atom. The van der Waals surface area contributed by atoms with Crippen LogP contribution in [0.15, 0.2) is 78.9 Å². The third-order valence-corrected chi connectivity index (χ3v) is 5.20. The van der Waals surface area contributed by atoms with Crippen molar-refractivity contribution >= 4 is 23.2 Å². The summed E-state index contributed by atoms with van der Waals surface area (Å²) in [7, 11) is 0. The zero-order valence-electron chi connectivity index (χ0n) is 19.3. The predicted molar refractivity (Wildman–Crippen MR) is 133 cm³/mol. The molecule has 2 N–H and O–H groups in total. The van der Waals surface area contributed by atoms with E-state index < -0.39 is 0 Å². The van der Waals surface area contributed by atoms with Gasteiger partial charge in [-0.05, 0) is 65.7 Å². The fourth-order valence-electron chi connectivity index (χ4n) is 3.54. The third kappa shape index (κ3) is 6.50. The Bertz CT molecular complexity index is 1270. The minimum Gasteiger partial charge on any atom is -0.494 e. The molecule has 4 rings (SSSR count). The monoisotopic (exact) mass is 470 g/mol. The van der Waals surface area contributed by atoms with Gasteiger partial charge in [0.1, 0.15) is 12.3 Å². The third-order valence-electron chi connectivity index (χ3n) is 5.20. The van der Waals surface area contributed by atoms with Crippen molar-refractivity contribution in [2.24, 2.45) is 0 Å². The zero-order chi connectivity index (χ0) is 24.5. The van der Waals surface area contributed by atoms with Gasteiger partial charge in [-0.1, -0.05) is 42.5 Å². The number of hydrogen-bond acceptors (Lipinski definition) is 6. The average Bonchev–Trinajstić information content (AvgIpc) is 3.33. The van der Waals surface area contributed by atoms with Crippen LogP contribution in [0.1, 0.15) is 18.9 Å². The van der Waals surface area contributed by atoms with E-state index in [1.807, 2.05) is 49.4 Å². The first-order chi connectivity index (χ1) is 17.1.